The van der Waals surface area contributed by atoms with Gasteiger partial charge in [-0.25, -0.2) is 9.97 Å². The molecule has 3 amide bonds. The lowest BCUT2D eigenvalue weighted by molar-refractivity contribution is -0.136. The van der Waals surface area contributed by atoms with Crippen LogP contribution in [-0.4, -0.2) is 88.6 Å². The molecule has 1 aromatic heterocycles. The van der Waals surface area contributed by atoms with Crippen molar-refractivity contribution in [3.05, 3.63) is 42.7 Å². The van der Waals surface area contributed by atoms with Gasteiger partial charge in [0.15, 0.2) is 5.25 Å². The summed E-state index contributed by atoms with van der Waals surface area (Å²) in [6.07, 6.45) is 7.58. The zero-order chi connectivity index (χ0) is 24.2. The summed E-state index contributed by atoms with van der Waals surface area (Å²) < 4.78 is 0. The van der Waals surface area contributed by atoms with Gasteiger partial charge in [0.1, 0.15) is 6.54 Å². The van der Waals surface area contributed by atoms with Gasteiger partial charge in [-0.3, -0.25) is 14.4 Å². The van der Waals surface area contributed by atoms with E-state index in [1.165, 1.54) is 16.7 Å². The number of thioether (sulfide) groups is 1. The molecule has 3 aliphatic heterocycles. The molecule has 0 bridgehead atoms. The Kier molecular flexibility index (Phi) is 7.17. The summed E-state index contributed by atoms with van der Waals surface area (Å²) in [5.41, 5.74) is 0.701. The molecule has 10 heteroatoms. The number of benzene rings is 1. The molecule has 35 heavy (non-hydrogen) atoms. The molecule has 0 N–H and O–H groups in total. The molecule has 0 saturated carbocycles. The predicted molar refractivity (Wildman–Crippen MR) is 134 cm³/mol. The van der Waals surface area contributed by atoms with Crippen molar-refractivity contribution < 1.29 is 14.4 Å². The Bertz CT molecular complexity index is 1070. The topological polar surface area (TPSA) is 90.0 Å². The quantitative estimate of drug-likeness (QED) is 0.601. The average molecular weight is 495 g/mol. The van der Waals surface area contributed by atoms with Gasteiger partial charge in [0.25, 0.3) is 5.91 Å². The summed E-state index contributed by atoms with van der Waals surface area (Å²) in [6.45, 7) is 3.65. The molecule has 4 heterocycles. The molecule has 1 atom stereocenters. The van der Waals surface area contributed by atoms with Gasteiger partial charge in [-0.05, 0) is 31.0 Å². The number of nitrogens with zero attached hydrogens (tertiary/aromatic N) is 6. The van der Waals surface area contributed by atoms with Crippen LogP contribution in [0.5, 0.6) is 0 Å². The molecule has 1 aromatic carbocycles. The maximum absolute atomic E-state index is 13.6. The predicted octanol–water partition coefficient (Wildman–Crippen LogP) is 2.04. The SMILES string of the molecule is O=C(CN1C(=O)[C@@H](C(=O)N2CCCCCC2)Sc2ccccc21)N1CCN(c2ncccn2)CC1. The summed E-state index contributed by atoms with van der Waals surface area (Å²) in [4.78, 5) is 56.8. The first-order chi connectivity index (χ1) is 17.1. The lowest BCUT2D eigenvalue weighted by Gasteiger charge is -2.38. The van der Waals surface area contributed by atoms with Gasteiger partial charge in [0.2, 0.25) is 17.8 Å². The zero-order valence-corrected chi connectivity index (χ0v) is 20.5. The molecule has 5 rings (SSSR count). The monoisotopic (exact) mass is 494 g/mol. The molecule has 0 spiro atoms. The number of fused-ring (bicyclic) bond motifs is 1. The van der Waals surface area contributed by atoms with Crippen molar-refractivity contribution in [2.45, 2.75) is 35.8 Å². The molecule has 2 aromatic rings. The zero-order valence-electron chi connectivity index (χ0n) is 19.7. The van der Waals surface area contributed by atoms with Crippen LogP contribution in [0.3, 0.4) is 0 Å². The second kappa shape index (κ2) is 10.6. The molecular formula is C25H30N6O3S. The van der Waals surface area contributed by atoms with E-state index in [1.54, 1.807) is 23.4 Å². The molecule has 2 saturated heterocycles. The Hall–Kier alpha value is -3.14. The summed E-state index contributed by atoms with van der Waals surface area (Å²) in [6, 6.07) is 9.32. The van der Waals surface area contributed by atoms with E-state index in [0.29, 0.717) is 50.9 Å². The van der Waals surface area contributed by atoms with Crippen molar-refractivity contribution in [3.8, 4) is 0 Å². The number of aromatic nitrogens is 2. The maximum Gasteiger partial charge on any atom is 0.250 e. The number of carbonyl (C=O) groups is 3. The van der Waals surface area contributed by atoms with E-state index < -0.39 is 5.25 Å². The van der Waals surface area contributed by atoms with Crippen LogP contribution >= 0.6 is 11.8 Å². The first-order valence-corrected chi connectivity index (χ1v) is 13.2. The number of anilines is 2. The Labute approximate surface area is 209 Å². The van der Waals surface area contributed by atoms with Gasteiger partial charge < -0.3 is 19.6 Å². The van der Waals surface area contributed by atoms with E-state index in [2.05, 4.69) is 14.9 Å². The maximum atomic E-state index is 13.6. The molecule has 9 nitrogen and oxygen atoms in total. The summed E-state index contributed by atoms with van der Waals surface area (Å²) in [5.74, 6) is 0.110. The van der Waals surface area contributed by atoms with Crippen molar-refractivity contribution >= 4 is 41.1 Å². The minimum atomic E-state index is -0.845. The van der Waals surface area contributed by atoms with Crippen molar-refractivity contribution in [3.63, 3.8) is 0 Å². The lowest BCUT2D eigenvalue weighted by Crippen LogP contribution is -2.55. The highest BCUT2D eigenvalue weighted by Gasteiger charge is 2.41. The number of likely N-dealkylation sites (tertiary alicyclic amines) is 1. The second-order valence-corrected chi connectivity index (χ2v) is 10.2. The first-order valence-electron chi connectivity index (χ1n) is 12.3. The van der Waals surface area contributed by atoms with Crippen molar-refractivity contribution in [1.29, 1.82) is 0 Å². The number of piperazine rings is 1. The highest BCUT2D eigenvalue weighted by atomic mass is 32.2. The van der Waals surface area contributed by atoms with Crippen LogP contribution in [0.1, 0.15) is 25.7 Å². The average Bonchev–Trinajstić information content (AvgIpc) is 3.20. The molecular weight excluding hydrogens is 464 g/mol. The van der Waals surface area contributed by atoms with Gasteiger partial charge >= 0.3 is 0 Å². The number of amides is 3. The van der Waals surface area contributed by atoms with Crippen molar-refractivity contribution in [1.82, 2.24) is 19.8 Å². The van der Waals surface area contributed by atoms with E-state index in [9.17, 15) is 14.4 Å². The molecule has 2 fully saturated rings. The lowest BCUT2D eigenvalue weighted by atomic mass is 10.2. The Morgan fingerprint density at radius 1 is 0.857 bits per heavy atom. The van der Waals surface area contributed by atoms with Crippen LogP contribution in [0.25, 0.3) is 0 Å². The minimum absolute atomic E-state index is 0.0674. The number of hydrogen-bond donors (Lipinski definition) is 0. The van der Waals surface area contributed by atoms with Crippen molar-refractivity contribution in [2.75, 3.05) is 55.6 Å². The van der Waals surface area contributed by atoms with Gasteiger partial charge in [-0.2, -0.15) is 0 Å². The van der Waals surface area contributed by atoms with Crippen LogP contribution in [0.15, 0.2) is 47.6 Å². The molecule has 184 valence electrons. The molecule has 0 aliphatic carbocycles. The Morgan fingerprint density at radius 2 is 1.54 bits per heavy atom. The largest absolute Gasteiger partial charge is 0.341 e. The highest BCUT2D eigenvalue weighted by Crippen LogP contribution is 2.40. The number of hydrogen-bond acceptors (Lipinski definition) is 7. The van der Waals surface area contributed by atoms with E-state index in [0.717, 1.165) is 30.6 Å². The van der Waals surface area contributed by atoms with Crippen LogP contribution in [0, 0.1) is 0 Å². The fourth-order valence-electron chi connectivity index (χ4n) is 4.84. The van der Waals surface area contributed by atoms with E-state index in [4.69, 9.17) is 0 Å². The highest BCUT2D eigenvalue weighted by molar-refractivity contribution is 8.01. The molecule has 0 unspecified atom stereocenters. The Balaban J connectivity index is 1.28. The summed E-state index contributed by atoms with van der Waals surface area (Å²) >= 11 is 1.31. The number of para-hydroxylation sites is 1. The summed E-state index contributed by atoms with van der Waals surface area (Å²) in [5, 5.41) is -0.845. The van der Waals surface area contributed by atoms with Gasteiger partial charge in [-0.1, -0.05) is 25.0 Å². The fourth-order valence-corrected chi connectivity index (χ4v) is 6.03. The summed E-state index contributed by atoms with van der Waals surface area (Å²) in [7, 11) is 0. The molecule has 3 aliphatic rings. The number of carbonyl (C=O) groups excluding carboxylic acids is 3. The minimum Gasteiger partial charge on any atom is -0.341 e. The number of rotatable bonds is 4. The third kappa shape index (κ3) is 5.12. The van der Waals surface area contributed by atoms with E-state index >= 15 is 0 Å². The van der Waals surface area contributed by atoms with Crippen LogP contribution in [0.4, 0.5) is 11.6 Å². The smallest absolute Gasteiger partial charge is 0.250 e. The van der Waals surface area contributed by atoms with Gasteiger partial charge in [0, 0.05) is 56.6 Å². The second-order valence-electron chi connectivity index (χ2n) is 9.05. The normalized spacial score (nSPS) is 20.9. The molecule has 0 radical (unpaired) electrons. The first kappa shape index (κ1) is 23.6. The van der Waals surface area contributed by atoms with E-state index in [-0.39, 0.29) is 24.3 Å². The Morgan fingerprint density at radius 3 is 2.26 bits per heavy atom. The third-order valence-electron chi connectivity index (χ3n) is 6.79. The van der Waals surface area contributed by atoms with Crippen LogP contribution in [0.2, 0.25) is 0 Å². The third-order valence-corrected chi connectivity index (χ3v) is 8.03. The van der Waals surface area contributed by atoms with Crippen LogP contribution in [-0.2, 0) is 14.4 Å². The van der Waals surface area contributed by atoms with Crippen molar-refractivity contribution in [2.24, 2.45) is 0 Å². The standard InChI is InChI=1S/C25H30N6O3S/c32-21(28-14-16-30(17-15-28)25-26-10-7-11-27-25)18-31-19-8-3-4-9-20(19)35-22(24(31)34)23(33)29-12-5-1-2-6-13-29/h3-4,7-11,22H,1-2,5-6,12-18H2/t22-/m1/s1. The van der Waals surface area contributed by atoms with Gasteiger partial charge in [-0.15, -0.1) is 11.8 Å². The van der Waals surface area contributed by atoms with Crippen LogP contribution < -0.4 is 9.80 Å². The van der Waals surface area contributed by atoms with E-state index in [1.807, 2.05) is 29.2 Å². The fraction of sp³-hybridized carbons (Fsp3) is 0.480. The van der Waals surface area contributed by atoms with Gasteiger partial charge in [0.05, 0.1) is 5.69 Å².